The average Bonchev–Trinajstić information content (AvgIpc) is 2.32. The molecule has 0 aliphatic heterocycles. The number of pyridine rings is 1. The number of nitrogens with zero attached hydrogens (tertiary/aromatic N) is 1. The molecular formula is C15H16N2O. The van der Waals surface area contributed by atoms with Crippen LogP contribution in [0.2, 0.25) is 0 Å². The molecule has 3 heteroatoms. The fourth-order valence-corrected chi connectivity index (χ4v) is 1.80. The molecule has 3 nitrogen and oxygen atoms in total. The molecule has 0 spiro atoms. The van der Waals surface area contributed by atoms with E-state index in [9.17, 15) is 4.79 Å². The summed E-state index contributed by atoms with van der Waals surface area (Å²) in [6.45, 7) is 5.95. The summed E-state index contributed by atoms with van der Waals surface area (Å²) in [6, 6.07) is 9.58. The maximum Gasteiger partial charge on any atom is 0.274 e. The Balaban J connectivity index is 2.21. The number of benzene rings is 1. The monoisotopic (exact) mass is 240 g/mol. The SMILES string of the molecule is Cc1ccnc(C(=O)Nc2ccc(C)cc2C)c1. The summed E-state index contributed by atoms with van der Waals surface area (Å²) in [5.41, 5.74) is 4.52. The Morgan fingerprint density at radius 2 is 1.78 bits per heavy atom. The predicted octanol–water partition coefficient (Wildman–Crippen LogP) is 3.26. The number of carbonyl (C=O) groups excluding carboxylic acids is 1. The molecule has 1 aromatic carbocycles. The van der Waals surface area contributed by atoms with Crippen molar-refractivity contribution in [3.05, 3.63) is 58.9 Å². The van der Waals surface area contributed by atoms with Crippen LogP contribution in [0.25, 0.3) is 0 Å². The van der Waals surface area contributed by atoms with Crippen molar-refractivity contribution < 1.29 is 4.79 Å². The lowest BCUT2D eigenvalue weighted by Gasteiger charge is -2.08. The largest absolute Gasteiger partial charge is 0.320 e. The van der Waals surface area contributed by atoms with Gasteiger partial charge >= 0.3 is 0 Å². The van der Waals surface area contributed by atoms with Crippen LogP contribution in [0.3, 0.4) is 0 Å². The van der Waals surface area contributed by atoms with Gasteiger partial charge in [-0.25, -0.2) is 0 Å². The van der Waals surface area contributed by atoms with E-state index in [0.717, 1.165) is 16.8 Å². The summed E-state index contributed by atoms with van der Waals surface area (Å²) in [4.78, 5) is 16.1. The third-order valence-electron chi connectivity index (χ3n) is 2.78. The van der Waals surface area contributed by atoms with Crippen molar-refractivity contribution in [2.45, 2.75) is 20.8 Å². The van der Waals surface area contributed by atoms with Gasteiger partial charge in [0.15, 0.2) is 0 Å². The molecular weight excluding hydrogens is 224 g/mol. The zero-order valence-corrected chi connectivity index (χ0v) is 10.8. The summed E-state index contributed by atoms with van der Waals surface area (Å²) < 4.78 is 0. The van der Waals surface area contributed by atoms with Gasteiger partial charge in [0, 0.05) is 11.9 Å². The molecule has 0 bridgehead atoms. The number of hydrogen-bond acceptors (Lipinski definition) is 2. The van der Waals surface area contributed by atoms with Crippen molar-refractivity contribution in [1.29, 1.82) is 0 Å². The van der Waals surface area contributed by atoms with Gasteiger partial charge < -0.3 is 5.32 Å². The molecule has 18 heavy (non-hydrogen) atoms. The molecule has 0 fully saturated rings. The Bertz CT molecular complexity index is 591. The van der Waals surface area contributed by atoms with Crippen molar-refractivity contribution in [3.63, 3.8) is 0 Å². The molecule has 1 aromatic heterocycles. The average molecular weight is 240 g/mol. The molecule has 0 radical (unpaired) electrons. The van der Waals surface area contributed by atoms with Crippen LogP contribution in [0, 0.1) is 20.8 Å². The summed E-state index contributed by atoms with van der Waals surface area (Å²) in [7, 11) is 0. The Morgan fingerprint density at radius 1 is 1.06 bits per heavy atom. The molecule has 0 unspecified atom stereocenters. The molecule has 2 aromatic rings. The van der Waals surface area contributed by atoms with Gasteiger partial charge in [0.2, 0.25) is 0 Å². The summed E-state index contributed by atoms with van der Waals surface area (Å²) in [5.74, 6) is -0.175. The van der Waals surface area contributed by atoms with E-state index in [4.69, 9.17) is 0 Å². The van der Waals surface area contributed by atoms with E-state index in [1.54, 1.807) is 12.3 Å². The van der Waals surface area contributed by atoms with Crippen LogP contribution in [0.4, 0.5) is 5.69 Å². The number of aromatic nitrogens is 1. The molecule has 0 aliphatic rings. The lowest BCUT2D eigenvalue weighted by Crippen LogP contribution is -2.14. The molecule has 0 saturated heterocycles. The summed E-state index contributed by atoms with van der Waals surface area (Å²) >= 11 is 0. The van der Waals surface area contributed by atoms with E-state index in [1.807, 2.05) is 45.0 Å². The Morgan fingerprint density at radius 3 is 2.44 bits per heavy atom. The van der Waals surface area contributed by atoms with Crippen LogP contribution in [-0.2, 0) is 0 Å². The predicted molar refractivity (Wildman–Crippen MR) is 72.8 cm³/mol. The van der Waals surface area contributed by atoms with Crippen molar-refractivity contribution in [2.75, 3.05) is 5.32 Å². The highest BCUT2D eigenvalue weighted by atomic mass is 16.1. The molecule has 1 amide bonds. The van der Waals surface area contributed by atoms with Gasteiger partial charge in [0.25, 0.3) is 5.91 Å². The van der Waals surface area contributed by atoms with Crippen molar-refractivity contribution in [1.82, 2.24) is 4.98 Å². The first kappa shape index (κ1) is 12.3. The Hall–Kier alpha value is -2.16. The van der Waals surface area contributed by atoms with Crippen LogP contribution in [0.1, 0.15) is 27.2 Å². The van der Waals surface area contributed by atoms with Crippen LogP contribution in [0.15, 0.2) is 36.5 Å². The van der Waals surface area contributed by atoms with E-state index >= 15 is 0 Å². The topological polar surface area (TPSA) is 42.0 Å². The lowest BCUT2D eigenvalue weighted by molar-refractivity contribution is 0.102. The highest BCUT2D eigenvalue weighted by molar-refractivity contribution is 6.03. The van der Waals surface area contributed by atoms with Gasteiger partial charge in [-0.3, -0.25) is 9.78 Å². The minimum absolute atomic E-state index is 0.175. The second-order valence-corrected chi connectivity index (χ2v) is 4.49. The maximum absolute atomic E-state index is 12.0. The molecule has 2 rings (SSSR count). The van der Waals surface area contributed by atoms with Gasteiger partial charge in [-0.1, -0.05) is 17.7 Å². The van der Waals surface area contributed by atoms with Crippen LogP contribution in [-0.4, -0.2) is 10.9 Å². The molecule has 0 atom stereocenters. The minimum Gasteiger partial charge on any atom is -0.320 e. The van der Waals surface area contributed by atoms with Gasteiger partial charge in [-0.2, -0.15) is 0 Å². The van der Waals surface area contributed by atoms with Gasteiger partial charge in [0.1, 0.15) is 5.69 Å². The fourth-order valence-electron chi connectivity index (χ4n) is 1.80. The third kappa shape index (κ3) is 2.74. The van der Waals surface area contributed by atoms with Gasteiger partial charge in [-0.05, 0) is 50.1 Å². The standard InChI is InChI=1S/C15H16N2O/c1-10-4-5-13(12(3)8-10)17-15(18)14-9-11(2)6-7-16-14/h4-9H,1-3H3,(H,17,18). The van der Waals surface area contributed by atoms with E-state index < -0.39 is 0 Å². The van der Waals surface area contributed by atoms with Gasteiger partial charge in [0.05, 0.1) is 0 Å². The van der Waals surface area contributed by atoms with Crippen molar-refractivity contribution >= 4 is 11.6 Å². The van der Waals surface area contributed by atoms with E-state index in [-0.39, 0.29) is 5.91 Å². The van der Waals surface area contributed by atoms with Crippen molar-refractivity contribution in [2.24, 2.45) is 0 Å². The number of carbonyl (C=O) groups is 1. The summed E-state index contributed by atoms with van der Waals surface area (Å²) in [6.07, 6.45) is 1.65. The van der Waals surface area contributed by atoms with Crippen molar-refractivity contribution in [3.8, 4) is 0 Å². The molecule has 1 heterocycles. The number of hydrogen-bond donors (Lipinski definition) is 1. The Labute approximate surface area is 107 Å². The Kier molecular flexibility index (Phi) is 3.42. The number of aryl methyl sites for hydroxylation is 3. The van der Waals surface area contributed by atoms with Crippen LogP contribution >= 0.6 is 0 Å². The molecule has 0 saturated carbocycles. The van der Waals surface area contributed by atoms with E-state index in [2.05, 4.69) is 10.3 Å². The normalized spacial score (nSPS) is 10.2. The zero-order chi connectivity index (χ0) is 13.1. The molecule has 0 aliphatic carbocycles. The van der Waals surface area contributed by atoms with Crippen LogP contribution < -0.4 is 5.32 Å². The first-order valence-corrected chi connectivity index (χ1v) is 5.87. The highest BCUT2D eigenvalue weighted by Gasteiger charge is 2.08. The highest BCUT2D eigenvalue weighted by Crippen LogP contribution is 2.16. The first-order valence-electron chi connectivity index (χ1n) is 5.87. The number of rotatable bonds is 2. The zero-order valence-electron chi connectivity index (χ0n) is 10.8. The van der Waals surface area contributed by atoms with Gasteiger partial charge in [-0.15, -0.1) is 0 Å². The lowest BCUT2D eigenvalue weighted by atomic mass is 10.1. The summed E-state index contributed by atoms with van der Waals surface area (Å²) in [5, 5.41) is 2.88. The van der Waals surface area contributed by atoms with E-state index in [0.29, 0.717) is 5.69 Å². The quantitative estimate of drug-likeness (QED) is 0.875. The molecule has 92 valence electrons. The number of amides is 1. The second-order valence-electron chi connectivity index (χ2n) is 4.49. The third-order valence-corrected chi connectivity index (χ3v) is 2.78. The van der Waals surface area contributed by atoms with Crippen LogP contribution in [0.5, 0.6) is 0 Å². The fraction of sp³-hybridized carbons (Fsp3) is 0.200. The minimum atomic E-state index is -0.175. The first-order chi connectivity index (χ1) is 8.56. The maximum atomic E-state index is 12.0. The second kappa shape index (κ2) is 5.00. The number of anilines is 1. The number of nitrogens with one attached hydrogen (secondary N) is 1. The van der Waals surface area contributed by atoms with E-state index in [1.165, 1.54) is 5.56 Å². The smallest absolute Gasteiger partial charge is 0.274 e. The molecule has 1 N–H and O–H groups in total.